The van der Waals surface area contributed by atoms with Crippen LogP contribution >= 0.6 is 0 Å². The van der Waals surface area contributed by atoms with Crippen molar-refractivity contribution in [3.8, 4) is 0 Å². The zero-order valence-electron chi connectivity index (χ0n) is 12.2. The summed E-state index contributed by atoms with van der Waals surface area (Å²) in [7, 11) is 0. The number of carbonyl (C=O) groups excluding carboxylic acids is 1. The van der Waals surface area contributed by atoms with E-state index in [4.69, 9.17) is 10.5 Å². The molecule has 0 saturated heterocycles. The second kappa shape index (κ2) is 7.41. The monoisotopic (exact) mass is 276 g/mol. The number of carbonyl (C=O) groups is 1. The number of nitrogens with two attached hydrogens (primary N) is 1. The average molecular weight is 276 g/mol. The van der Waals surface area contributed by atoms with Crippen LogP contribution in [0.1, 0.15) is 37.7 Å². The van der Waals surface area contributed by atoms with Gasteiger partial charge in [0.2, 0.25) is 0 Å². The fourth-order valence-corrected chi connectivity index (χ4v) is 2.66. The summed E-state index contributed by atoms with van der Waals surface area (Å²) in [5, 5.41) is 0. The molecule has 1 aromatic carbocycles. The van der Waals surface area contributed by atoms with Crippen LogP contribution in [0, 0.1) is 0 Å². The van der Waals surface area contributed by atoms with Crippen LogP contribution in [0.15, 0.2) is 24.3 Å². The number of unbranched alkanes of at least 4 members (excludes halogenated alkanes) is 1. The Kier molecular flexibility index (Phi) is 5.56. The molecule has 1 aliphatic heterocycles. The zero-order chi connectivity index (χ0) is 14.4. The van der Waals surface area contributed by atoms with Crippen LogP contribution in [0.4, 0.5) is 5.69 Å². The Morgan fingerprint density at radius 1 is 1.45 bits per heavy atom. The van der Waals surface area contributed by atoms with Crippen LogP contribution in [0.3, 0.4) is 0 Å². The first kappa shape index (κ1) is 15.0. The molecule has 0 fully saturated rings. The summed E-state index contributed by atoms with van der Waals surface area (Å²) in [6.07, 6.45) is 3.00. The molecular weight excluding hydrogens is 252 g/mol. The lowest BCUT2D eigenvalue weighted by Crippen LogP contribution is -2.33. The van der Waals surface area contributed by atoms with Gasteiger partial charge in [0.15, 0.2) is 0 Å². The molecule has 0 spiro atoms. The number of anilines is 1. The first-order valence-corrected chi connectivity index (χ1v) is 7.45. The smallest absolute Gasteiger partial charge is 0.252 e. The molecule has 0 bridgehead atoms. The lowest BCUT2D eigenvalue weighted by molar-refractivity contribution is -0.123. The molecule has 1 aromatic rings. The van der Waals surface area contributed by atoms with Crippen LogP contribution in [0.2, 0.25) is 0 Å². The van der Waals surface area contributed by atoms with Crippen LogP contribution in [0.25, 0.3) is 0 Å². The van der Waals surface area contributed by atoms with Gasteiger partial charge in [-0.3, -0.25) is 4.79 Å². The molecule has 4 heteroatoms. The van der Waals surface area contributed by atoms with E-state index in [0.29, 0.717) is 19.1 Å². The molecule has 2 N–H and O–H groups in total. The summed E-state index contributed by atoms with van der Waals surface area (Å²) >= 11 is 0. The number of benzene rings is 1. The molecule has 0 radical (unpaired) electrons. The minimum atomic E-state index is 0.0491. The van der Waals surface area contributed by atoms with Crippen molar-refractivity contribution in [2.45, 2.75) is 32.1 Å². The maximum Gasteiger partial charge on any atom is 0.252 e. The minimum Gasteiger partial charge on any atom is -0.372 e. The third kappa shape index (κ3) is 3.38. The quantitative estimate of drug-likeness (QED) is 0.777. The molecule has 1 heterocycles. The normalized spacial score (nSPS) is 17.3. The van der Waals surface area contributed by atoms with Gasteiger partial charge in [0.1, 0.15) is 6.61 Å². The summed E-state index contributed by atoms with van der Waals surface area (Å²) in [6, 6.07) is 8.10. The van der Waals surface area contributed by atoms with Crippen LogP contribution in [-0.2, 0) is 9.53 Å². The van der Waals surface area contributed by atoms with Gasteiger partial charge in [0.05, 0.1) is 0 Å². The number of amides is 1. The average Bonchev–Trinajstić information content (AvgIpc) is 2.83. The molecular formula is C16H24N2O2. The van der Waals surface area contributed by atoms with Crippen molar-refractivity contribution in [3.63, 3.8) is 0 Å². The Bertz CT molecular complexity index is 448. The largest absolute Gasteiger partial charge is 0.372 e. The first-order valence-electron chi connectivity index (χ1n) is 7.45. The van der Waals surface area contributed by atoms with Gasteiger partial charge in [0, 0.05) is 24.8 Å². The van der Waals surface area contributed by atoms with Gasteiger partial charge in [-0.05, 0) is 31.0 Å². The van der Waals surface area contributed by atoms with Gasteiger partial charge in [-0.1, -0.05) is 31.5 Å². The lowest BCUT2D eigenvalue weighted by Gasteiger charge is -2.18. The number of hydrogen-bond donors (Lipinski definition) is 1. The maximum absolute atomic E-state index is 12.3. The van der Waals surface area contributed by atoms with Crippen molar-refractivity contribution < 1.29 is 9.53 Å². The molecule has 1 amide bonds. The van der Waals surface area contributed by atoms with Crippen molar-refractivity contribution in [3.05, 3.63) is 29.8 Å². The van der Waals surface area contributed by atoms with E-state index in [2.05, 4.69) is 13.0 Å². The molecule has 1 aliphatic rings. The number of para-hydroxylation sites is 1. The third-order valence-corrected chi connectivity index (χ3v) is 3.75. The predicted octanol–water partition coefficient (Wildman–Crippen LogP) is 2.28. The van der Waals surface area contributed by atoms with E-state index in [9.17, 15) is 4.79 Å². The highest BCUT2D eigenvalue weighted by molar-refractivity contribution is 5.96. The molecule has 0 aromatic heterocycles. The predicted molar refractivity (Wildman–Crippen MR) is 80.9 cm³/mol. The van der Waals surface area contributed by atoms with Gasteiger partial charge in [-0.15, -0.1) is 0 Å². The second-order valence-corrected chi connectivity index (χ2v) is 5.24. The van der Waals surface area contributed by atoms with Crippen LogP contribution < -0.4 is 10.6 Å². The van der Waals surface area contributed by atoms with Gasteiger partial charge < -0.3 is 15.4 Å². The molecule has 4 nitrogen and oxygen atoms in total. The van der Waals surface area contributed by atoms with E-state index in [1.807, 2.05) is 23.1 Å². The van der Waals surface area contributed by atoms with E-state index in [1.165, 1.54) is 5.56 Å². The summed E-state index contributed by atoms with van der Waals surface area (Å²) in [4.78, 5) is 14.1. The molecule has 2 rings (SSSR count). The minimum absolute atomic E-state index is 0.0491. The second-order valence-electron chi connectivity index (χ2n) is 5.24. The third-order valence-electron chi connectivity index (χ3n) is 3.75. The summed E-state index contributed by atoms with van der Waals surface area (Å²) in [5.41, 5.74) is 7.93. The van der Waals surface area contributed by atoms with E-state index >= 15 is 0 Å². The molecule has 20 heavy (non-hydrogen) atoms. The number of ether oxygens (including phenoxy) is 1. The zero-order valence-corrected chi connectivity index (χ0v) is 12.2. The molecule has 0 saturated carbocycles. The van der Waals surface area contributed by atoms with Crippen LogP contribution in [0.5, 0.6) is 0 Å². The Labute approximate surface area is 120 Å². The van der Waals surface area contributed by atoms with Crippen molar-refractivity contribution in [2.24, 2.45) is 5.73 Å². The number of hydrogen-bond acceptors (Lipinski definition) is 3. The Hall–Kier alpha value is -1.39. The number of fused-ring (bicyclic) bond motifs is 1. The standard InChI is InChI=1S/C16H24N2O2/c1-2-3-10-20-12-16(19)18-11-13(8-9-17)14-6-4-5-7-15(14)18/h4-7,13H,2-3,8-12,17H2,1H3. The SMILES string of the molecule is CCCCOCC(=O)N1CC(CCN)c2ccccc21. The Morgan fingerprint density at radius 3 is 3.00 bits per heavy atom. The first-order chi connectivity index (χ1) is 9.77. The van der Waals surface area contributed by atoms with Gasteiger partial charge in [-0.25, -0.2) is 0 Å². The van der Waals surface area contributed by atoms with E-state index in [0.717, 1.165) is 31.5 Å². The molecule has 1 atom stereocenters. The van der Waals surface area contributed by atoms with E-state index in [-0.39, 0.29) is 12.5 Å². The van der Waals surface area contributed by atoms with E-state index in [1.54, 1.807) is 0 Å². The van der Waals surface area contributed by atoms with Crippen molar-refractivity contribution >= 4 is 11.6 Å². The highest BCUT2D eigenvalue weighted by Gasteiger charge is 2.31. The van der Waals surface area contributed by atoms with Crippen molar-refractivity contribution in [2.75, 3.05) is 31.2 Å². The Balaban J connectivity index is 2.00. The molecule has 1 unspecified atom stereocenters. The fourth-order valence-electron chi connectivity index (χ4n) is 2.66. The van der Waals surface area contributed by atoms with Gasteiger partial charge in [0.25, 0.3) is 5.91 Å². The van der Waals surface area contributed by atoms with E-state index < -0.39 is 0 Å². The maximum atomic E-state index is 12.3. The topological polar surface area (TPSA) is 55.6 Å². The summed E-state index contributed by atoms with van der Waals surface area (Å²) in [5.74, 6) is 0.406. The number of rotatable bonds is 7. The van der Waals surface area contributed by atoms with Crippen LogP contribution in [-0.4, -0.2) is 32.2 Å². The summed E-state index contributed by atoms with van der Waals surface area (Å²) in [6.45, 7) is 4.31. The Morgan fingerprint density at radius 2 is 2.25 bits per heavy atom. The van der Waals surface area contributed by atoms with Gasteiger partial charge >= 0.3 is 0 Å². The van der Waals surface area contributed by atoms with Crippen molar-refractivity contribution in [1.29, 1.82) is 0 Å². The molecule has 0 aliphatic carbocycles. The summed E-state index contributed by atoms with van der Waals surface area (Å²) < 4.78 is 5.44. The number of nitrogens with zero attached hydrogens (tertiary/aromatic N) is 1. The lowest BCUT2D eigenvalue weighted by atomic mass is 9.98. The highest BCUT2D eigenvalue weighted by atomic mass is 16.5. The highest BCUT2D eigenvalue weighted by Crippen LogP contribution is 2.37. The molecule has 110 valence electrons. The van der Waals surface area contributed by atoms with Crippen molar-refractivity contribution in [1.82, 2.24) is 0 Å². The van der Waals surface area contributed by atoms with Gasteiger partial charge in [-0.2, -0.15) is 0 Å². The fraction of sp³-hybridized carbons (Fsp3) is 0.562.